The van der Waals surface area contributed by atoms with Crippen LogP contribution in [0.2, 0.25) is 0 Å². The van der Waals surface area contributed by atoms with Crippen LogP contribution < -0.4 is 4.74 Å². The Morgan fingerprint density at radius 1 is 1.17 bits per heavy atom. The van der Waals surface area contributed by atoms with Crippen LogP contribution >= 0.6 is 0 Å². The molecule has 0 radical (unpaired) electrons. The molecule has 1 aliphatic heterocycles. The number of phenols is 1. The molecular weight excluding hydrogens is 372 g/mol. The summed E-state index contributed by atoms with van der Waals surface area (Å²) < 4.78 is 6.29. The van der Waals surface area contributed by atoms with E-state index in [0.717, 1.165) is 49.0 Å². The van der Waals surface area contributed by atoms with Gasteiger partial charge in [-0.25, -0.2) is 0 Å². The highest BCUT2D eigenvalue weighted by molar-refractivity contribution is 5.65. The van der Waals surface area contributed by atoms with Crippen LogP contribution in [-0.4, -0.2) is 21.4 Å². The van der Waals surface area contributed by atoms with Crippen LogP contribution in [0, 0.1) is 6.92 Å². The summed E-state index contributed by atoms with van der Waals surface area (Å²) in [5.41, 5.74) is 3.34. The molecule has 1 aliphatic rings. The molecule has 0 aromatic heterocycles. The molecular formula is C27H38O3. The smallest absolute Gasteiger partial charge is 0.131 e. The van der Waals surface area contributed by atoms with E-state index in [1.54, 1.807) is 12.1 Å². The highest BCUT2D eigenvalue weighted by atomic mass is 16.5. The minimum Gasteiger partial charge on any atom is -0.508 e. The minimum atomic E-state index is -0.764. The second-order valence-electron chi connectivity index (χ2n) is 9.30. The van der Waals surface area contributed by atoms with Crippen molar-refractivity contribution in [1.29, 1.82) is 0 Å². The van der Waals surface area contributed by atoms with Gasteiger partial charge in [-0.05, 0) is 97.4 Å². The van der Waals surface area contributed by atoms with Crippen LogP contribution in [0.1, 0.15) is 77.8 Å². The zero-order valence-electron chi connectivity index (χ0n) is 19.5. The molecule has 2 atom stereocenters. The third kappa shape index (κ3) is 7.53. The van der Waals surface area contributed by atoms with Crippen LogP contribution in [0.5, 0.6) is 11.5 Å². The summed E-state index contributed by atoms with van der Waals surface area (Å²) in [6.07, 6.45) is 16.8. The van der Waals surface area contributed by atoms with E-state index in [4.69, 9.17) is 4.74 Å². The van der Waals surface area contributed by atoms with Crippen LogP contribution in [0.3, 0.4) is 0 Å². The molecule has 3 nitrogen and oxygen atoms in total. The fourth-order valence-electron chi connectivity index (χ4n) is 3.64. The molecule has 0 saturated carbocycles. The van der Waals surface area contributed by atoms with Gasteiger partial charge in [-0.2, -0.15) is 0 Å². The molecule has 0 aliphatic carbocycles. The van der Waals surface area contributed by atoms with Crippen LogP contribution in [-0.2, 0) is 0 Å². The van der Waals surface area contributed by atoms with Gasteiger partial charge in [0.05, 0.1) is 5.60 Å². The Morgan fingerprint density at radius 3 is 2.60 bits per heavy atom. The van der Waals surface area contributed by atoms with Crippen LogP contribution in [0.4, 0.5) is 0 Å². The molecule has 30 heavy (non-hydrogen) atoms. The van der Waals surface area contributed by atoms with E-state index in [2.05, 4.69) is 52.0 Å². The number of fused-ring (bicyclic) bond motifs is 1. The molecule has 2 rings (SSSR count). The Morgan fingerprint density at radius 2 is 1.90 bits per heavy atom. The molecule has 1 aromatic rings. The molecule has 0 saturated heterocycles. The first-order valence-corrected chi connectivity index (χ1v) is 10.9. The van der Waals surface area contributed by atoms with Gasteiger partial charge < -0.3 is 14.9 Å². The summed E-state index contributed by atoms with van der Waals surface area (Å²) in [5.74, 6) is 1.13. The second-order valence-corrected chi connectivity index (χ2v) is 9.30. The average molecular weight is 411 g/mol. The first-order valence-electron chi connectivity index (χ1n) is 10.9. The highest BCUT2D eigenvalue weighted by Gasteiger charge is 2.27. The normalized spacial score (nSPS) is 20.6. The molecule has 1 heterocycles. The summed E-state index contributed by atoms with van der Waals surface area (Å²) in [7, 11) is 0. The van der Waals surface area contributed by atoms with Gasteiger partial charge in [-0.15, -0.1) is 0 Å². The Kier molecular flexibility index (Phi) is 8.14. The molecule has 2 unspecified atom stereocenters. The topological polar surface area (TPSA) is 49.7 Å². The quantitative estimate of drug-likeness (QED) is 0.429. The van der Waals surface area contributed by atoms with Crippen molar-refractivity contribution in [3.8, 4) is 11.5 Å². The van der Waals surface area contributed by atoms with Gasteiger partial charge in [-0.3, -0.25) is 0 Å². The average Bonchev–Trinajstić information content (AvgIpc) is 2.62. The predicted molar refractivity (Wildman–Crippen MR) is 127 cm³/mol. The SMILES string of the molecule is CC(C)=CCCC(C)(O)/C=C/C/C(C)=C/CCC1(C)C=Cc2cc(O)cc(C)c2O1. The van der Waals surface area contributed by atoms with Crippen molar-refractivity contribution in [2.75, 3.05) is 0 Å². The third-order valence-electron chi connectivity index (χ3n) is 5.49. The lowest BCUT2D eigenvalue weighted by atomic mass is 9.93. The van der Waals surface area contributed by atoms with Gasteiger partial charge in [0.15, 0.2) is 0 Å². The number of rotatable bonds is 9. The Labute approximate surface area is 182 Å². The van der Waals surface area contributed by atoms with Crippen molar-refractivity contribution < 1.29 is 14.9 Å². The highest BCUT2D eigenvalue weighted by Crippen LogP contribution is 2.38. The Balaban J connectivity index is 1.86. The number of ether oxygens (including phenoxy) is 1. The van der Waals surface area contributed by atoms with E-state index in [-0.39, 0.29) is 11.4 Å². The number of aromatic hydroxyl groups is 1. The zero-order chi connectivity index (χ0) is 22.4. The van der Waals surface area contributed by atoms with Gasteiger partial charge in [0.2, 0.25) is 0 Å². The van der Waals surface area contributed by atoms with Crippen molar-refractivity contribution >= 4 is 6.08 Å². The molecule has 1 aromatic carbocycles. The second kappa shape index (κ2) is 10.2. The first-order chi connectivity index (χ1) is 14.0. The molecule has 0 spiro atoms. The van der Waals surface area contributed by atoms with E-state index in [1.807, 2.05) is 26.0 Å². The van der Waals surface area contributed by atoms with E-state index in [0.29, 0.717) is 0 Å². The summed E-state index contributed by atoms with van der Waals surface area (Å²) in [6, 6.07) is 3.48. The Bertz CT molecular complexity index is 851. The number of allylic oxidation sites excluding steroid dienone is 5. The van der Waals surface area contributed by atoms with Crippen LogP contribution in [0.15, 0.2) is 53.7 Å². The lowest BCUT2D eigenvalue weighted by Crippen LogP contribution is -2.32. The number of hydrogen-bond donors (Lipinski definition) is 2. The lowest BCUT2D eigenvalue weighted by molar-refractivity contribution is 0.103. The summed E-state index contributed by atoms with van der Waals surface area (Å²) in [6.45, 7) is 12.2. The fourth-order valence-corrected chi connectivity index (χ4v) is 3.64. The van der Waals surface area contributed by atoms with Crippen LogP contribution in [0.25, 0.3) is 6.08 Å². The van der Waals surface area contributed by atoms with Gasteiger partial charge in [0.1, 0.15) is 17.1 Å². The van der Waals surface area contributed by atoms with Crippen molar-refractivity contribution in [3.63, 3.8) is 0 Å². The van der Waals surface area contributed by atoms with E-state index in [1.165, 1.54) is 11.1 Å². The largest absolute Gasteiger partial charge is 0.508 e. The number of aryl methyl sites for hydroxylation is 1. The molecule has 2 N–H and O–H groups in total. The number of phenolic OH excluding ortho intramolecular Hbond substituents is 1. The van der Waals surface area contributed by atoms with E-state index in [9.17, 15) is 10.2 Å². The molecule has 0 fully saturated rings. The lowest BCUT2D eigenvalue weighted by Gasteiger charge is -2.32. The van der Waals surface area contributed by atoms with E-state index < -0.39 is 5.60 Å². The predicted octanol–water partition coefficient (Wildman–Crippen LogP) is 7.04. The van der Waals surface area contributed by atoms with E-state index >= 15 is 0 Å². The van der Waals surface area contributed by atoms with Crippen molar-refractivity contribution in [2.24, 2.45) is 0 Å². The van der Waals surface area contributed by atoms with Crippen molar-refractivity contribution in [2.45, 2.75) is 84.8 Å². The van der Waals surface area contributed by atoms with Crippen molar-refractivity contribution in [3.05, 3.63) is 64.8 Å². The minimum absolute atomic E-state index is 0.269. The monoisotopic (exact) mass is 410 g/mol. The van der Waals surface area contributed by atoms with Gasteiger partial charge >= 0.3 is 0 Å². The Hall–Kier alpha value is -2.26. The van der Waals surface area contributed by atoms with Crippen molar-refractivity contribution in [1.82, 2.24) is 0 Å². The zero-order valence-corrected chi connectivity index (χ0v) is 19.5. The number of benzene rings is 1. The first kappa shape index (κ1) is 24.0. The number of aliphatic hydroxyl groups is 1. The standard InChI is InChI=1S/C27H38O3/c1-20(2)10-7-14-26(5,29)15-8-11-21(3)12-9-16-27(6)17-13-23-19-24(28)18-22(4)25(23)30-27/h8,10,12-13,15,17-19,28-29H,7,9,11,14,16H2,1-6H3/b15-8+,21-12+. The van der Waals surface area contributed by atoms with Gasteiger partial charge in [0.25, 0.3) is 0 Å². The third-order valence-corrected chi connectivity index (χ3v) is 5.49. The summed E-state index contributed by atoms with van der Waals surface area (Å²) >= 11 is 0. The maximum absolute atomic E-state index is 10.5. The molecule has 3 heteroatoms. The summed E-state index contributed by atoms with van der Waals surface area (Å²) in [4.78, 5) is 0. The maximum Gasteiger partial charge on any atom is 0.131 e. The van der Waals surface area contributed by atoms with Gasteiger partial charge in [0, 0.05) is 5.56 Å². The molecule has 0 bridgehead atoms. The fraction of sp³-hybridized carbons (Fsp3) is 0.481. The molecule has 0 amide bonds. The summed E-state index contributed by atoms with van der Waals surface area (Å²) in [5, 5.41) is 20.2. The maximum atomic E-state index is 10.5. The molecule has 164 valence electrons. The number of hydrogen-bond acceptors (Lipinski definition) is 3. The van der Waals surface area contributed by atoms with Gasteiger partial charge in [-0.1, -0.05) is 41.5 Å².